The number of amides is 1. The zero-order valence-electron chi connectivity index (χ0n) is 11.5. The Morgan fingerprint density at radius 3 is 3.05 bits per heavy atom. The smallest absolute Gasteiger partial charge is 0.270 e. The third kappa shape index (κ3) is 4.51. The number of carbonyl (C=O) groups is 1. The van der Waals surface area contributed by atoms with Crippen LogP contribution in [-0.2, 0) is 6.54 Å². The van der Waals surface area contributed by atoms with E-state index in [0.717, 1.165) is 0 Å². The van der Waals surface area contributed by atoms with Crippen LogP contribution >= 0.6 is 11.3 Å². The molecular weight excluding hydrogens is 293 g/mol. The van der Waals surface area contributed by atoms with Gasteiger partial charge in [-0.3, -0.25) is 4.79 Å². The Morgan fingerprint density at radius 1 is 1.57 bits per heavy atom. The molecule has 0 saturated heterocycles. The van der Waals surface area contributed by atoms with Crippen molar-refractivity contribution in [3.8, 4) is 5.75 Å². The molecule has 0 aliphatic rings. The van der Waals surface area contributed by atoms with Gasteiger partial charge >= 0.3 is 0 Å². The Morgan fingerprint density at radius 2 is 2.38 bits per heavy atom. The molecule has 0 aliphatic carbocycles. The quantitative estimate of drug-likeness (QED) is 0.855. The van der Waals surface area contributed by atoms with E-state index in [4.69, 9.17) is 10.5 Å². The van der Waals surface area contributed by atoms with Gasteiger partial charge in [0.05, 0.1) is 6.54 Å². The molecule has 1 amide bonds. The monoisotopic (exact) mass is 309 g/mol. The second kappa shape index (κ2) is 7.14. The first-order valence-electron chi connectivity index (χ1n) is 6.43. The molecule has 0 saturated carbocycles. The number of nitrogens with two attached hydrogens (primary N) is 1. The van der Waals surface area contributed by atoms with Crippen molar-refractivity contribution in [2.75, 3.05) is 6.54 Å². The summed E-state index contributed by atoms with van der Waals surface area (Å²) in [5.74, 6) is -0.211. The number of halogens is 1. The second-order valence-corrected chi connectivity index (χ2v) is 5.37. The summed E-state index contributed by atoms with van der Waals surface area (Å²) in [6.45, 7) is 2.40. The Labute approximate surface area is 126 Å². The maximum atomic E-state index is 13.0. The largest absolute Gasteiger partial charge is 0.489 e. The van der Waals surface area contributed by atoms with Crippen molar-refractivity contribution < 1.29 is 13.9 Å². The number of nitrogens with one attached hydrogen (secondary N) is 1. The van der Waals surface area contributed by atoms with Crippen LogP contribution in [0.25, 0.3) is 0 Å². The molecular formula is C14H16FN3O2S. The SMILES string of the molecule is CC(CNC(=O)c1csc(CN)n1)Oc1cccc(F)c1. The fourth-order valence-corrected chi connectivity index (χ4v) is 2.30. The van der Waals surface area contributed by atoms with Gasteiger partial charge in [0.2, 0.25) is 0 Å². The maximum Gasteiger partial charge on any atom is 0.270 e. The lowest BCUT2D eigenvalue weighted by Gasteiger charge is -2.15. The molecule has 1 aromatic carbocycles. The molecule has 2 aromatic rings. The van der Waals surface area contributed by atoms with Crippen molar-refractivity contribution in [1.29, 1.82) is 0 Å². The number of aromatic nitrogens is 1. The van der Waals surface area contributed by atoms with Crippen LogP contribution < -0.4 is 15.8 Å². The van der Waals surface area contributed by atoms with Gasteiger partial charge in [0.1, 0.15) is 28.4 Å². The van der Waals surface area contributed by atoms with Gasteiger partial charge in [0, 0.05) is 18.0 Å². The van der Waals surface area contributed by atoms with Crippen LogP contribution in [0, 0.1) is 5.82 Å². The molecule has 5 nitrogen and oxygen atoms in total. The normalized spacial score (nSPS) is 12.0. The van der Waals surface area contributed by atoms with Gasteiger partial charge in [-0.25, -0.2) is 9.37 Å². The van der Waals surface area contributed by atoms with Crippen LogP contribution in [-0.4, -0.2) is 23.5 Å². The first-order valence-corrected chi connectivity index (χ1v) is 7.31. The highest BCUT2D eigenvalue weighted by molar-refractivity contribution is 7.09. The predicted octanol–water partition coefficient (Wildman–Crippen LogP) is 1.94. The van der Waals surface area contributed by atoms with E-state index < -0.39 is 0 Å². The summed E-state index contributed by atoms with van der Waals surface area (Å²) in [6, 6.07) is 5.87. The van der Waals surface area contributed by atoms with Crippen molar-refractivity contribution in [3.63, 3.8) is 0 Å². The molecule has 3 N–H and O–H groups in total. The lowest BCUT2D eigenvalue weighted by atomic mass is 10.3. The number of hydrogen-bond acceptors (Lipinski definition) is 5. The molecule has 1 unspecified atom stereocenters. The van der Waals surface area contributed by atoms with Crippen molar-refractivity contribution in [2.24, 2.45) is 5.73 Å². The first-order chi connectivity index (χ1) is 10.1. The molecule has 1 aromatic heterocycles. The van der Waals surface area contributed by atoms with Gasteiger partial charge < -0.3 is 15.8 Å². The first kappa shape index (κ1) is 15.4. The highest BCUT2D eigenvalue weighted by Gasteiger charge is 2.12. The highest BCUT2D eigenvalue weighted by Crippen LogP contribution is 2.13. The number of rotatable bonds is 6. The summed E-state index contributed by atoms with van der Waals surface area (Å²) in [5.41, 5.74) is 5.79. The Hall–Kier alpha value is -1.99. The molecule has 0 radical (unpaired) electrons. The number of ether oxygens (including phenoxy) is 1. The van der Waals surface area contributed by atoms with Crippen LogP contribution in [0.3, 0.4) is 0 Å². The molecule has 1 heterocycles. The zero-order valence-corrected chi connectivity index (χ0v) is 12.3. The van der Waals surface area contributed by atoms with Crippen LogP contribution in [0.4, 0.5) is 4.39 Å². The average molecular weight is 309 g/mol. The lowest BCUT2D eigenvalue weighted by Crippen LogP contribution is -2.33. The molecule has 7 heteroatoms. The third-order valence-corrected chi connectivity index (χ3v) is 3.51. The van der Waals surface area contributed by atoms with Crippen LogP contribution in [0.2, 0.25) is 0 Å². The van der Waals surface area contributed by atoms with Gasteiger partial charge in [-0.2, -0.15) is 0 Å². The minimum Gasteiger partial charge on any atom is -0.489 e. The number of nitrogens with zero attached hydrogens (tertiary/aromatic N) is 1. The lowest BCUT2D eigenvalue weighted by molar-refractivity contribution is 0.0927. The average Bonchev–Trinajstić information content (AvgIpc) is 2.94. The molecule has 0 bridgehead atoms. The van der Waals surface area contributed by atoms with Gasteiger partial charge in [-0.15, -0.1) is 11.3 Å². The topological polar surface area (TPSA) is 77.2 Å². The molecule has 1 atom stereocenters. The van der Waals surface area contributed by atoms with E-state index in [1.54, 1.807) is 24.4 Å². The standard InChI is InChI=1S/C14H16FN3O2S/c1-9(20-11-4-2-3-10(15)5-11)7-17-14(19)12-8-21-13(6-16)18-12/h2-5,8-9H,6-7,16H2,1H3,(H,17,19). The van der Waals surface area contributed by atoms with E-state index in [9.17, 15) is 9.18 Å². The van der Waals surface area contributed by atoms with Gasteiger partial charge in [0.25, 0.3) is 5.91 Å². The minimum atomic E-state index is -0.361. The number of thiazole rings is 1. The van der Waals surface area contributed by atoms with Gasteiger partial charge in [0.15, 0.2) is 0 Å². The Kier molecular flexibility index (Phi) is 5.24. The predicted molar refractivity (Wildman–Crippen MR) is 78.8 cm³/mol. The number of carbonyl (C=O) groups excluding carboxylic acids is 1. The minimum absolute atomic E-state index is 0.277. The number of benzene rings is 1. The fourth-order valence-electron chi connectivity index (χ4n) is 1.65. The van der Waals surface area contributed by atoms with Crippen LogP contribution in [0.1, 0.15) is 22.4 Å². The van der Waals surface area contributed by atoms with E-state index in [1.165, 1.54) is 23.5 Å². The third-order valence-electron chi connectivity index (χ3n) is 2.64. The van der Waals surface area contributed by atoms with E-state index >= 15 is 0 Å². The Bertz CT molecular complexity index is 618. The van der Waals surface area contributed by atoms with Crippen LogP contribution in [0.5, 0.6) is 5.75 Å². The molecule has 0 fully saturated rings. The van der Waals surface area contributed by atoms with Crippen molar-refractivity contribution in [2.45, 2.75) is 19.6 Å². The van der Waals surface area contributed by atoms with Gasteiger partial charge in [-0.05, 0) is 19.1 Å². The zero-order chi connectivity index (χ0) is 15.2. The molecule has 2 rings (SSSR count). The summed E-state index contributed by atoms with van der Waals surface area (Å²) in [4.78, 5) is 16.0. The van der Waals surface area contributed by atoms with E-state index in [-0.39, 0.29) is 17.8 Å². The molecule has 21 heavy (non-hydrogen) atoms. The maximum absolute atomic E-state index is 13.0. The summed E-state index contributed by atoms with van der Waals surface area (Å²) in [7, 11) is 0. The molecule has 112 valence electrons. The fraction of sp³-hybridized carbons (Fsp3) is 0.286. The van der Waals surface area contributed by atoms with Crippen LogP contribution in [0.15, 0.2) is 29.6 Å². The highest BCUT2D eigenvalue weighted by atomic mass is 32.1. The summed E-state index contributed by atoms with van der Waals surface area (Å²) in [5, 5.41) is 5.09. The van der Waals surface area contributed by atoms with Gasteiger partial charge in [-0.1, -0.05) is 6.07 Å². The van der Waals surface area contributed by atoms with E-state index in [2.05, 4.69) is 10.3 Å². The van der Waals surface area contributed by atoms with E-state index in [0.29, 0.717) is 29.5 Å². The molecule has 0 aliphatic heterocycles. The summed E-state index contributed by atoms with van der Waals surface area (Å²) in [6.07, 6.45) is -0.289. The Balaban J connectivity index is 1.83. The van der Waals surface area contributed by atoms with Crippen molar-refractivity contribution in [1.82, 2.24) is 10.3 Å². The van der Waals surface area contributed by atoms with Crippen molar-refractivity contribution in [3.05, 3.63) is 46.2 Å². The summed E-state index contributed by atoms with van der Waals surface area (Å²) < 4.78 is 18.5. The number of hydrogen-bond donors (Lipinski definition) is 2. The second-order valence-electron chi connectivity index (χ2n) is 4.43. The van der Waals surface area contributed by atoms with Crippen molar-refractivity contribution >= 4 is 17.2 Å². The van der Waals surface area contributed by atoms with E-state index in [1.807, 2.05) is 0 Å². The summed E-state index contributed by atoms with van der Waals surface area (Å²) >= 11 is 1.35. The molecule has 0 spiro atoms.